The van der Waals surface area contributed by atoms with Crippen LogP contribution in [0.1, 0.15) is 122 Å². The summed E-state index contributed by atoms with van der Waals surface area (Å²) in [6, 6.07) is 22.3. The molecule has 350 valence electrons. The van der Waals surface area contributed by atoms with Gasteiger partial charge in [-0.1, -0.05) is 45.0 Å². The summed E-state index contributed by atoms with van der Waals surface area (Å²) < 4.78 is 22.2. The van der Waals surface area contributed by atoms with E-state index < -0.39 is 13.9 Å². The van der Waals surface area contributed by atoms with Gasteiger partial charge in [-0.25, -0.2) is 4.79 Å². The number of carbonyl (C=O) groups excluding carboxylic acids is 3. The van der Waals surface area contributed by atoms with Crippen molar-refractivity contribution in [3.05, 3.63) is 118 Å². The van der Waals surface area contributed by atoms with Crippen LogP contribution in [0.2, 0.25) is 18.1 Å². The number of rotatable bonds is 8. The molecule has 0 radical (unpaired) electrons. The third-order valence-electron chi connectivity index (χ3n) is 14.3. The summed E-state index contributed by atoms with van der Waals surface area (Å²) in [5, 5.41) is 4.91. The van der Waals surface area contributed by atoms with Crippen molar-refractivity contribution in [2.75, 3.05) is 24.7 Å². The first kappa shape index (κ1) is 46.9. The van der Waals surface area contributed by atoms with Crippen LogP contribution in [-0.4, -0.2) is 81.8 Å². The van der Waals surface area contributed by atoms with Crippen LogP contribution in [0.5, 0.6) is 5.75 Å². The van der Waals surface area contributed by atoms with E-state index in [2.05, 4.69) is 65.1 Å². The van der Waals surface area contributed by atoms with Crippen LogP contribution in [0.15, 0.2) is 72.9 Å². The van der Waals surface area contributed by atoms with Crippen molar-refractivity contribution in [2.24, 2.45) is 7.05 Å². The number of carbonyl (C=O) groups is 3. The normalized spacial score (nSPS) is 17.0. The highest BCUT2D eigenvalue weighted by Gasteiger charge is 2.39. The lowest BCUT2D eigenvalue weighted by atomic mass is 9.90. The Kier molecular flexibility index (Phi) is 12.7. The van der Waals surface area contributed by atoms with Gasteiger partial charge in [0.1, 0.15) is 11.4 Å². The Labute approximate surface area is 391 Å². The van der Waals surface area contributed by atoms with Crippen molar-refractivity contribution in [3.63, 3.8) is 0 Å². The average Bonchev–Trinajstić information content (AvgIpc) is 3.79. The third kappa shape index (κ3) is 9.21. The Morgan fingerprint density at radius 2 is 1.52 bits per heavy atom. The van der Waals surface area contributed by atoms with E-state index in [4.69, 9.17) is 19.0 Å². The maximum absolute atomic E-state index is 15.5. The first-order valence-corrected chi connectivity index (χ1v) is 26.5. The van der Waals surface area contributed by atoms with Crippen LogP contribution in [0, 0.1) is 13.8 Å². The summed E-state index contributed by atoms with van der Waals surface area (Å²) in [7, 11) is -0.161. The van der Waals surface area contributed by atoms with Gasteiger partial charge >= 0.3 is 6.09 Å². The Morgan fingerprint density at radius 3 is 2.18 bits per heavy atom. The van der Waals surface area contributed by atoms with Gasteiger partial charge in [0.05, 0.1) is 29.2 Å². The van der Waals surface area contributed by atoms with Crippen LogP contribution >= 0.6 is 0 Å². The topological polar surface area (TPSA) is 111 Å². The maximum atomic E-state index is 15.5. The number of hydrogen-bond donors (Lipinski definition) is 0. The molecular formula is C53H68N6O6Si. The van der Waals surface area contributed by atoms with E-state index in [1.54, 1.807) is 16.0 Å². The Hall–Kier alpha value is -5.66. The second kappa shape index (κ2) is 17.9. The molecule has 3 aliphatic rings. The van der Waals surface area contributed by atoms with E-state index in [1.165, 1.54) is 5.56 Å². The largest absolute Gasteiger partial charge is 0.544 e. The molecule has 66 heavy (non-hydrogen) atoms. The van der Waals surface area contributed by atoms with Crippen LogP contribution in [0.3, 0.4) is 0 Å². The van der Waals surface area contributed by atoms with E-state index in [9.17, 15) is 4.79 Å². The van der Waals surface area contributed by atoms with Crippen LogP contribution in [-0.2, 0) is 42.5 Å². The van der Waals surface area contributed by atoms with Crippen molar-refractivity contribution in [1.29, 1.82) is 0 Å². The van der Waals surface area contributed by atoms with Gasteiger partial charge in [0, 0.05) is 74.1 Å². The van der Waals surface area contributed by atoms with Gasteiger partial charge in [0.15, 0.2) is 0 Å². The van der Waals surface area contributed by atoms with Gasteiger partial charge < -0.3 is 28.3 Å². The van der Waals surface area contributed by atoms with E-state index in [0.29, 0.717) is 61.8 Å². The molecule has 12 nitrogen and oxygen atoms in total. The first-order valence-electron chi connectivity index (χ1n) is 23.6. The monoisotopic (exact) mass is 912 g/mol. The second-order valence-corrected chi connectivity index (χ2v) is 25.8. The molecule has 3 amide bonds. The van der Waals surface area contributed by atoms with Gasteiger partial charge in [0.25, 0.3) is 11.8 Å². The van der Waals surface area contributed by atoms with Crippen molar-refractivity contribution in [2.45, 2.75) is 137 Å². The highest BCUT2D eigenvalue weighted by atomic mass is 28.4. The minimum Gasteiger partial charge on any atom is -0.544 e. The number of ether oxygens (including phenoxy) is 2. The second-order valence-electron chi connectivity index (χ2n) is 21.1. The van der Waals surface area contributed by atoms with Crippen molar-refractivity contribution < 1.29 is 28.3 Å². The molecule has 3 aromatic carbocycles. The molecule has 13 heteroatoms. The van der Waals surface area contributed by atoms with E-state index in [-0.39, 0.29) is 35.0 Å². The predicted octanol–water partition coefficient (Wildman–Crippen LogP) is 11.1. The number of amides is 3. The van der Waals surface area contributed by atoms with Crippen molar-refractivity contribution in [1.82, 2.24) is 24.1 Å². The van der Waals surface area contributed by atoms with Gasteiger partial charge in [-0.05, 0) is 150 Å². The average molecular weight is 913 g/mol. The number of hydrogen-bond acceptors (Lipinski definition) is 7. The molecule has 0 unspecified atom stereocenters. The zero-order valence-corrected chi connectivity index (χ0v) is 42.1. The molecule has 0 bridgehead atoms. The van der Waals surface area contributed by atoms with Gasteiger partial charge in [-0.2, -0.15) is 5.10 Å². The van der Waals surface area contributed by atoms with Gasteiger partial charge in [0.2, 0.25) is 8.32 Å². The molecule has 5 heterocycles. The zero-order chi connectivity index (χ0) is 47.5. The zero-order valence-electron chi connectivity index (χ0n) is 41.1. The highest BCUT2D eigenvalue weighted by molar-refractivity contribution is 6.74. The molecular weight excluding hydrogens is 845 g/mol. The Morgan fingerprint density at radius 1 is 0.833 bits per heavy atom. The predicted molar refractivity (Wildman–Crippen MR) is 262 cm³/mol. The van der Waals surface area contributed by atoms with E-state index in [1.807, 2.05) is 98.3 Å². The molecule has 0 aliphatic carbocycles. The lowest BCUT2D eigenvalue weighted by molar-refractivity contribution is 0.0224. The molecule has 0 spiro atoms. The maximum Gasteiger partial charge on any atom is 0.410 e. The minimum atomic E-state index is -2.12. The molecule has 1 saturated heterocycles. The molecule has 1 fully saturated rings. The quantitative estimate of drug-likeness (QED) is 0.143. The summed E-state index contributed by atoms with van der Waals surface area (Å²) in [5.41, 5.74) is 9.34. The molecule has 3 aliphatic heterocycles. The van der Waals surface area contributed by atoms with Gasteiger partial charge in [-0.15, -0.1) is 0 Å². The third-order valence-corrected chi connectivity index (χ3v) is 18.7. The number of anilines is 2. The van der Waals surface area contributed by atoms with E-state index in [0.717, 1.165) is 64.3 Å². The number of fused-ring (bicyclic) bond motifs is 2. The fraction of sp³-hybridized carbons (Fsp3) is 0.472. The highest BCUT2D eigenvalue weighted by Crippen LogP contribution is 2.41. The van der Waals surface area contributed by atoms with E-state index >= 15 is 9.59 Å². The summed E-state index contributed by atoms with van der Waals surface area (Å²) in [6.45, 7) is 25.5. The van der Waals surface area contributed by atoms with Gasteiger partial charge in [-0.3, -0.25) is 19.2 Å². The molecule has 8 rings (SSSR count). The Bertz CT molecular complexity index is 2640. The smallest absolute Gasteiger partial charge is 0.410 e. The lowest BCUT2D eigenvalue weighted by Gasteiger charge is -2.36. The molecule has 0 saturated carbocycles. The number of aromatic nitrogens is 3. The summed E-state index contributed by atoms with van der Waals surface area (Å²) in [4.78, 5) is 49.5. The van der Waals surface area contributed by atoms with Crippen LogP contribution < -0.4 is 9.33 Å². The Balaban J connectivity index is 1.22. The number of nitrogens with zero attached hydrogens (tertiary/aromatic N) is 6. The summed E-state index contributed by atoms with van der Waals surface area (Å²) >= 11 is 0. The summed E-state index contributed by atoms with van der Waals surface area (Å²) in [5.74, 6) is 0.478. The first-order chi connectivity index (χ1) is 31.1. The lowest BCUT2D eigenvalue weighted by Crippen LogP contribution is -2.43. The molecule has 5 aromatic rings. The fourth-order valence-corrected chi connectivity index (χ4v) is 10.3. The SMILES string of the molecule is Cc1c(N(C(=O)c2cc(-c3cc4c(cc3C(=O)N3Cc5ccccc5C[C@H]3C)CN(C(=O)OC(C)(C)C)CC4)n(C)c2C)c2ccc(O[Si](C)(C)C(C)(C)C)cc2)cnn1C1CCOCC1. The van der Waals surface area contributed by atoms with Crippen molar-refractivity contribution >= 4 is 37.6 Å². The standard InChI is InChI=1S/C53H68N6O6Si/c1-34-27-37-15-13-14-16-39(37)33-57(34)49(60)46-29-40-32-56(51(62)64-52(4,5)6)24-21-38(40)28-45(46)47-30-44(35(2)55(47)10)50(61)58(48-31-54-59(36(48)3)42-22-25-63-26-23-42)41-17-19-43(20-18-41)65-66(11,12)53(7,8)9/h13-20,28-31,34,42H,21-27,32-33H2,1-12H3/t34-/m1/s1. The molecule has 0 N–H and O–H groups in total. The molecule has 1 atom stereocenters. The van der Waals surface area contributed by atoms with Crippen LogP contribution in [0.4, 0.5) is 16.2 Å². The summed E-state index contributed by atoms with van der Waals surface area (Å²) in [6.07, 6.45) is 4.47. The number of benzene rings is 3. The van der Waals surface area contributed by atoms with Crippen molar-refractivity contribution in [3.8, 4) is 17.0 Å². The van der Waals surface area contributed by atoms with Crippen LogP contribution in [0.25, 0.3) is 11.3 Å². The fourth-order valence-electron chi connectivity index (χ4n) is 9.29. The minimum absolute atomic E-state index is 0.0203. The molecule has 2 aromatic heterocycles.